The van der Waals surface area contributed by atoms with E-state index in [0.717, 1.165) is 57.0 Å². The average Bonchev–Trinajstić information content (AvgIpc) is 3.03. The lowest BCUT2D eigenvalue weighted by Gasteiger charge is -2.32. The van der Waals surface area contributed by atoms with E-state index < -0.39 is 11.6 Å². The SMILES string of the molecule is COc1ccc(C(O)(c2ccc(OC)c(CCCCCC(=O)O)c2)c2ccc3ccc4cccc5ccc2c3c45)cc1. The molecule has 6 aromatic carbocycles. The summed E-state index contributed by atoms with van der Waals surface area (Å²) in [5.74, 6) is 0.699. The molecular formula is C37H34O5. The number of carbonyl (C=O) groups is 1. The molecule has 2 N–H and O–H groups in total. The molecule has 0 radical (unpaired) electrons. The number of hydrogen-bond donors (Lipinski definition) is 2. The van der Waals surface area contributed by atoms with Gasteiger partial charge < -0.3 is 19.7 Å². The minimum Gasteiger partial charge on any atom is -0.497 e. The third-order valence-electron chi connectivity index (χ3n) is 8.46. The van der Waals surface area contributed by atoms with Crippen LogP contribution in [0.4, 0.5) is 0 Å². The summed E-state index contributed by atoms with van der Waals surface area (Å²) < 4.78 is 11.1. The molecule has 0 saturated carbocycles. The zero-order valence-corrected chi connectivity index (χ0v) is 23.9. The van der Waals surface area contributed by atoms with Crippen molar-refractivity contribution in [1.29, 1.82) is 0 Å². The molecule has 0 fully saturated rings. The standard InChI is InChI=1S/C37H34O5/c1-41-30-18-15-28(16-19-30)37(40,29-17-22-33(42-2)27(23-29)7-4-3-5-10-34(38)39)32-21-14-26-12-11-24-8-6-9-25-13-20-31(32)36(26)35(24)25/h6,8-9,11-23,40H,3-5,7,10H2,1-2H3,(H,38,39). The molecule has 0 aliphatic rings. The van der Waals surface area contributed by atoms with Gasteiger partial charge in [0.25, 0.3) is 0 Å². The van der Waals surface area contributed by atoms with Crippen LogP contribution in [0.5, 0.6) is 11.5 Å². The van der Waals surface area contributed by atoms with Gasteiger partial charge in [-0.2, -0.15) is 0 Å². The first-order valence-electron chi connectivity index (χ1n) is 14.4. The van der Waals surface area contributed by atoms with Gasteiger partial charge in [0.15, 0.2) is 0 Å². The maximum atomic E-state index is 13.0. The van der Waals surface area contributed by atoms with Crippen LogP contribution < -0.4 is 9.47 Å². The second-order valence-electron chi connectivity index (χ2n) is 10.9. The van der Waals surface area contributed by atoms with Crippen molar-refractivity contribution in [2.75, 3.05) is 14.2 Å². The Morgan fingerprint density at radius 3 is 2.07 bits per heavy atom. The van der Waals surface area contributed by atoms with Gasteiger partial charge in [0.2, 0.25) is 0 Å². The molecule has 1 atom stereocenters. The number of aliphatic carboxylic acids is 1. The Bertz CT molecular complexity index is 1860. The number of rotatable bonds is 11. The van der Waals surface area contributed by atoms with E-state index in [9.17, 15) is 9.90 Å². The monoisotopic (exact) mass is 558 g/mol. The molecule has 6 aromatic rings. The number of carboxylic acids is 1. The lowest BCUT2D eigenvalue weighted by molar-refractivity contribution is -0.137. The van der Waals surface area contributed by atoms with Crippen LogP contribution in [0, 0.1) is 0 Å². The van der Waals surface area contributed by atoms with Crippen molar-refractivity contribution in [1.82, 2.24) is 0 Å². The number of unbranched alkanes of at least 4 members (excludes halogenated alkanes) is 2. The van der Waals surface area contributed by atoms with Gasteiger partial charge in [0, 0.05) is 12.0 Å². The quantitative estimate of drug-likeness (QED) is 0.0955. The third-order valence-corrected chi connectivity index (χ3v) is 8.46. The Morgan fingerprint density at radius 1 is 0.714 bits per heavy atom. The summed E-state index contributed by atoms with van der Waals surface area (Å²) in [5, 5.41) is 28.8. The number of benzene rings is 6. The van der Waals surface area contributed by atoms with Crippen molar-refractivity contribution >= 4 is 38.3 Å². The maximum Gasteiger partial charge on any atom is 0.303 e. The van der Waals surface area contributed by atoms with Crippen LogP contribution in [0.15, 0.2) is 97.1 Å². The lowest BCUT2D eigenvalue weighted by Crippen LogP contribution is -2.29. The van der Waals surface area contributed by atoms with Gasteiger partial charge in [-0.1, -0.05) is 79.2 Å². The zero-order valence-electron chi connectivity index (χ0n) is 23.9. The van der Waals surface area contributed by atoms with Crippen LogP contribution in [-0.4, -0.2) is 30.4 Å². The van der Waals surface area contributed by atoms with E-state index in [1.165, 1.54) is 16.2 Å². The van der Waals surface area contributed by atoms with Gasteiger partial charge >= 0.3 is 5.97 Å². The molecule has 212 valence electrons. The fraction of sp³-hybridized carbons (Fsp3) is 0.216. The van der Waals surface area contributed by atoms with E-state index in [2.05, 4.69) is 48.5 Å². The Morgan fingerprint density at radius 2 is 1.38 bits per heavy atom. The summed E-state index contributed by atoms with van der Waals surface area (Å²) in [7, 11) is 3.29. The van der Waals surface area contributed by atoms with Crippen LogP contribution in [0.3, 0.4) is 0 Å². The largest absolute Gasteiger partial charge is 0.497 e. The van der Waals surface area contributed by atoms with Crippen molar-refractivity contribution in [3.63, 3.8) is 0 Å². The topological polar surface area (TPSA) is 76.0 Å². The van der Waals surface area contributed by atoms with Crippen LogP contribution in [0.25, 0.3) is 32.3 Å². The fourth-order valence-electron chi connectivity index (χ4n) is 6.33. The van der Waals surface area contributed by atoms with Crippen LogP contribution in [0.2, 0.25) is 0 Å². The molecule has 6 rings (SSSR count). The number of methoxy groups -OCH3 is 2. The first-order valence-corrected chi connectivity index (χ1v) is 14.4. The molecule has 0 saturated heterocycles. The molecule has 1 unspecified atom stereocenters. The molecule has 5 nitrogen and oxygen atoms in total. The molecule has 5 heteroatoms. The summed E-state index contributed by atoms with van der Waals surface area (Å²) in [6.45, 7) is 0. The van der Waals surface area contributed by atoms with E-state index in [1.807, 2.05) is 48.5 Å². The Hall–Kier alpha value is -4.61. The smallest absolute Gasteiger partial charge is 0.303 e. The van der Waals surface area contributed by atoms with Crippen LogP contribution in [0.1, 0.15) is 47.9 Å². The third kappa shape index (κ3) is 4.80. The molecule has 0 heterocycles. The molecule has 0 aromatic heterocycles. The normalized spacial score (nSPS) is 13.0. The summed E-state index contributed by atoms with van der Waals surface area (Å²) >= 11 is 0. The van der Waals surface area contributed by atoms with Gasteiger partial charge in [-0.05, 0) is 92.5 Å². The van der Waals surface area contributed by atoms with Gasteiger partial charge in [-0.15, -0.1) is 0 Å². The number of hydrogen-bond acceptors (Lipinski definition) is 4. The first-order chi connectivity index (χ1) is 20.4. The van der Waals surface area contributed by atoms with Crippen molar-refractivity contribution < 1.29 is 24.5 Å². The highest BCUT2D eigenvalue weighted by Crippen LogP contribution is 2.45. The molecule has 0 spiro atoms. The van der Waals surface area contributed by atoms with Crippen molar-refractivity contribution in [3.8, 4) is 11.5 Å². The predicted molar refractivity (Wildman–Crippen MR) is 168 cm³/mol. The fourth-order valence-corrected chi connectivity index (χ4v) is 6.33. The van der Waals surface area contributed by atoms with E-state index in [0.29, 0.717) is 18.6 Å². The van der Waals surface area contributed by atoms with E-state index >= 15 is 0 Å². The highest BCUT2D eigenvalue weighted by atomic mass is 16.5. The highest BCUT2D eigenvalue weighted by molar-refractivity contribution is 6.23. The van der Waals surface area contributed by atoms with Gasteiger partial charge in [0.05, 0.1) is 14.2 Å². The maximum absolute atomic E-state index is 13.0. The molecule has 42 heavy (non-hydrogen) atoms. The minimum absolute atomic E-state index is 0.170. The average molecular weight is 559 g/mol. The van der Waals surface area contributed by atoms with Gasteiger partial charge in [-0.25, -0.2) is 0 Å². The van der Waals surface area contributed by atoms with Crippen LogP contribution >= 0.6 is 0 Å². The Labute approximate surface area is 245 Å². The Kier molecular flexibility index (Phi) is 7.44. The summed E-state index contributed by atoms with van der Waals surface area (Å²) in [4.78, 5) is 10.9. The predicted octanol–water partition coefficient (Wildman–Crippen LogP) is 8.07. The van der Waals surface area contributed by atoms with E-state index in [1.54, 1.807) is 14.2 Å². The van der Waals surface area contributed by atoms with Gasteiger partial charge in [0.1, 0.15) is 17.1 Å². The van der Waals surface area contributed by atoms with Crippen molar-refractivity contribution in [3.05, 3.63) is 119 Å². The molecule has 0 aliphatic heterocycles. The molecule has 0 aliphatic carbocycles. The zero-order chi connectivity index (χ0) is 29.3. The van der Waals surface area contributed by atoms with E-state index in [4.69, 9.17) is 14.6 Å². The van der Waals surface area contributed by atoms with Crippen molar-refractivity contribution in [2.45, 2.75) is 37.7 Å². The number of ether oxygens (including phenoxy) is 2. The van der Waals surface area contributed by atoms with Crippen LogP contribution in [-0.2, 0) is 16.8 Å². The van der Waals surface area contributed by atoms with E-state index in [-0.39, 0.29) is 6.42 Å². The summed E-state index contributed by atoms with van der Waals surface area (Å²) in [5.41, 5.74) is 1.78. The Balaban J connectivity index is 1.54. The molecule has 0 amide bonds. The van der Waals surface area contributed by atoms with Gasteiger partial charge in [-0.3, -0.25) is 4.79 Å². The lowest BCUT2D eigenvalue weighted by atomic mass is 9.76. The highest BCUT2D eigenvalue weighted by Gasteiger charge is 2.36. The van der Waals surface area contributed by atoms with Crippen molar-refractivity contribution in [2.24, 2.45) is 0 Å². The molecular weight excluding hydrogens is 524 g/mol. The number of carboxylic acid groups (broad SMARTS) is 1. The number of aryl methyl sites for hydroxylation is 1. The second kappa shape index (κ2) is 11.3. The minimum atomic E-state index is -1.47. The number of aliphatic hydroxyl groups is 1. The molecule has 0 bridgehead atoms. The summed E-state index contributed by atoms with van der Waals surface area (Å²) in [6.07, 6.45) is 3.15. The first kappa shape index (κ1) is 27.6. The summed E-state index contributed by atoms with van der Waals surface area (Å²) in [6, 6.07) is 32.6. The second-order valence-corrected chi connectivity index (χ2v) is 10.9.